The van der Waals surface area contributed by atoms with Crippen molar-refractivity contribution in [3.05, 3.63) is 11.4 Å². The number of morpholine rings is 2. The minimum absolute atomic E-state index is 0.856. The van der Waals surface area contributed by atoms with E-state index in [0.717, 1.165) is 65.4 Å². The van der Waals surface area contributed by atoms with Crippen molar-refractivity contribution in [2.24, 2.45) is 0 Å². The molecular weight excluding hydrogens is 228 g/mol. The van der Waals surface area contributed by atoms with Crippen molar-refractivity contribution >= 4 is 0 Å². The van der Waals surface area contributed by atoms with Crippen LogP contribution in [0.3, 0.4) is 0 Å². The number of allylic oxidation sites excluding steroid dienone is 1. The fourth-order valence-corrected chi connectivity index (χ4v) is 2.76. The standard InChI is InChI=1S/C14H26N2O2/c1-3-13(4-2)14(15-5-9-17-10-6-15)16-7-11-18-12-8-16/h3-12H2,1-2H3. The number of rotatable bonds is 4. The highest BCUT2D eigenvalue weighted by Crippen LogP contribution is 2.22. The molecule has 0 saturated carbocycles. The zero-order chi connectivity index (χ0) is 12.8. The molecule has 0 aromatic heterocycles. The fraction of sp³-hybridized carbons (Fsp3) is 0.857. The molecule has 0 aliphatic carbocycles. The number of ether oxygens (including phenoxy) is 2. The molecule has 104 valence electrons. The van der Waals surface area contributed by atoms with Gasteiger partial charge in [-0.1, -0.05) is 13.8 Å². The first kappa shape index (κ1) is 13.7. The lowest BCUT2D eigenvalue weighted by Gasteiger charge is -2.41. The van der Waals surface area contributed by atoms with Crippen LogP contribution in [0.25, 0.3) is 0 Å². The van der Waals surface area contributed by atoms with Gasteiger partial charge in [-0.05, 0) is 18.4 Å². The maximum atomic E-state index is 5.48. The third-order valence-corrected chi connectivity index (χ3v) is 3.79. The second kappa shape index (κ2) is 7.00. The molecule has 0 aromatic carbocycles. The quantitative estimate of drug-likeness (QED) is 0.762. The molecule has 2 saturated heterocycles. The predicted molar refractivity (Wildman–Crippen MR) is 72.4 cm³/mol. The minimum atomic E-state index is 0.856. The lowest BCUT2D eigenvalue weighted by molar-refractivity contribution is 0.00711. The van der Waals surface area contributed by atoms with Crippen LogP contribution in [-0.2, 0) is 9.47 Å². The first-order valence-corrected chi connectivity index (χ1v) is 7.24. The molecule has 0 aromatic rings. The van der Waals surface area contributed by atoms with Gasteiger partial charge in [0.2, 0.25) is 0 Å². The summed E-state index contributed by atoms with van der Waals surface area (Å²) in [5, 5.41) is 0. The van der Waals surface area contributed by atoms with E-state index in [0.29, 0.717) is 0 Å². The molecule has 0 N–H and O–H groups in total. The molecule has 2 heterocycles. The van der Waals surface area contributed by atoms with Crippen molar-refractivity contribution in [2.45, 2.75) is 26.7 Å². The first-order valence-electron chi connectivity index (χ1n) is 7.24. The summed E-state index contributed by atoms with van der Waals surface area (Å²) in [5.41, 5.74) is 1.57. The summed E-state index contributed by atoms with van der Waals surface area (Å²) >= 11 is 0. The zero-order valence-corrected chi connectivity index (χ0v) is 11.8. The highest BCUT2D eigenvalue weighted by molar-refractivity contribution is 5.13. The van der Waals surface area contributed by atoms with E-state index in [2.05, 4.69) is 23.6 Å². The van der Waals surface area contributed by atoms with Gasteiger partial charge >= 0.3 is 0 Å². The van der Waals surface area contributed by atoms with E-state index in [1.54, 1.807) is 5.57 Å². The topological polar surface area (TPSA) is 24.9 Å². The predicted octanol–water partition coefficient (Wildman–Crippen LogP) is 1.68. The van der Waals surface area contributed by atoms with Crippen LogP contribution in [0.5, 0.6) is 0 Å². The molecule has 4 nitrogen and oxygen atoms in total. The third kappa shape index (κ3) is 3.18. The molecular formula is C14H26N2O2. The Morgan fingerprint density at radius 3 is 1.50 bits per heavy atom. The van der Waals surface area contributed by atoms with Crippen LogP contribution < -0.4 is 0 Å². The van der Waals surface area contributed by atoms with E-state index in [1.807, 2.05) is 0 Å². The molecule has 2 fully saturated rings. The van der Waals surface area contributed by atoms with Crippen molar-refractivity contribution in [1.29, 1.82) is 0 Å². The van der Waals surface area contributed by atoms with Crippen molar-refractivity contribution in [1.82, 2.24) is 9.80 Å². The van der Waals surface area contributed by atoms with Gasteiger partial charge in [-0.25, -0.2) is 0 Å². The van der Waals surface area contributed by atoms with Crippen LogP contribution in [0.2, 0.25) is 0 Å². The fourth-order valence-electron chi connectivity index (χ4n) is 2.76. The van der Waals surface area contributed by atoms with Gasteiger partial charge in [0.25, 0.3) is 0 Å². The Labute approximate surface area is 111 Å². The van der Waals surface area contributed by atoms with Crippen LogP contribution in [-0.4, -0.2) is 62.4 Å². The van der Waals surface area contributed by atoms with E-state index in [-0.39, 0.29) is 0 Å². The summed E-state index contributed by atoms with van der Waals surface area (Å²) < 4.78 is 11.0. The molecule has 0 atom stereocenters. The van der Waals surface area contributed by atoms with E-state index in [1.165, 1.54) is 5.82 Å². The summed E-state index contributed by atoms with van der Waals surface area (Å²) in [6.07, 6.45) is 2.28. The normalized spacial score (nSPS) is 21.0. The number of hydrogen-bond donors (Lipinski definition) is 0. The summed E-state index contributed by atoms with van der Waals surface area (Å²) in [4.78, 5) is 5.02. The Bertz CT molecular complexity index is 254. The summed E-state index contributed by atoms with van der Waals surface area (Å²) in [7, 11) is 0. The van der Waals surface area contributed by atoms with Gasteiger partial charge in [0.1, 0.15) is 5.82 Å². The van der Waals surface area contributed by atoms with Crippen LogP contribution in [0.1, 0.15) is 26.7 Å². The van der Waals surface area contributed by atoms with E-state index < -0.39 is 0 Å². The van der Waals surface area contributed by atoms with Gasteiger partial charge in [-0.3, -0.25) is 0 Å². The van der Waals surface area contributed by atoms with Gasteiger partial charge in [-0.2, -0.15) is 0 Å². The van der Waals surface area contributed by atoms with Crippen LogP contribution in [0, 0.1) is 0 Å². The van der Waals surface area contributed by atoms with Gasteiger partial charge in [0.15, 0.2) is 0 Å². The maximum Gasteiger partial charge on any atom is 0.103 e. The summed E-state index contributed by atoms with van der Waals surface area (Å²) in [6.45, 7) is 12.0. The Morgan fingerprint density at radius 2 is 1.17 bits per heavy atom. The molecule has 0 radical (unpaired) electrons. The minimum Gasteiger partial charge on any atom is -0.378 e. The molecule has 0 amide bonds. The highest BCUT2D eigenvalue weighted by Gasteiger charge is 2.23. The molecule has 0 spiro atoms. The number of hydrogen-bond acceptors (Lipinski definition) is 4. The van der Waals surface area contributed by atoms with Gasteiger partial charge in [0.05, 0.1) is 26.4 Å². The zero-order valence-electron chi connectivity index (χ0n) is 11.8. The van der Waals surface area contributed by atoms with E-state index in [4.69, 9.17) is 9.47 Å². The molecule has 2 aliphatic heterocycles. The van der Waals surface area contributed by atoms with Gasteiger partial charge in [-0.15, -0.1) is 0 Å². The Balaban J connectivity index is 2.17. The monoisotopic (exact) mass is 254 g/mol. The summed E-state index contributed by atoms with van der Waals surface area (Å²) in [5.74, 6) is 1.46. The maximum absolute atomic E-state index is 5.48. The lowest BCUT2D eigenvalue weighted by atomic mass is 10.1. The summed E-state index contributed by atoms with van der Waals surface area (Å²) in [6, 6.07) is 0. The largest absolute Gasteiger partial charge is 0.378 e. The Kier molecular flexibility index (Phi) is 5.32. The second-order valence-electron chi connectivity index (χ2n) is 4.83. The molecule has 18 heavy (non-hydrogen) atoms. The number of nitrogens with zero attached hydrogens (tertiary/aromatic N) is 2. The van der Waals surface area contributed by atoms with E-state index in [9.17, 15) is 0 Å². The van der Waals surface area contributed by atoms with Crippen LogP contribution >= 0.6 is 0 Å². The van der Waals surface area contributed by atoms with Crippen LogP contribution in [0.15, 0.2) is 11.4 Å². The average Bonchev–Trinajstić information content (AvgIpc) is 2.46. The molecule has 0 unspecified atom stereocenters. The second-order valence-corrected chi connectivity index (χ2v) is 4.83. The van der Waals surface area contributed by atoms with Crippen molar-refractivity contribution < 1.29 is 9.47 Å². The van der Waals surface area contributed by atoms with Crippen molar-refractivity contribution in [3.8, 4) is 0 Å². The van der Waals surface area contributed by atoms with E-state index >= 15 is 0 Å². The molecule has 2 aliphatic rings. The molecule has 2 rings (SSSR count). The van der Waals surface area contributed by atoms with Gasteiger partial charge < -0.3 is 19.3 Å². The third-order valence-electron chi connectivity index (χ3n) is 3.79. The van der Waals surface area contributed by atoms with Crippen molar-refractivity contribution in [2.75, 3.05) is 52.6 Å². The molecule has 4 heteroatoms. The van der Waals surface area contributed by atoms with Crippen molar-refractivity contribution in [3.63, 3.8) is 0 Å². The Morgan fingerprint density at radius 1 is 0.778 bits per heavy atom. The Hall–Kier alpha value is -0.740. The highest BCUT2D eigenvalue weighted by atomic mass is 16.5. The van der Waals surface area contributed by atoms with Crippen LogP contribution in [0.4, 0.5) is 0 Å². The van der Waals surface area contributed by atoms with Gasteiger partial charge in [0, 0.05) is 26.2 Å². The SMILES string of the molecule is CCC(CC)=C(N1CCOCC1)N1CCOCC1. The first-order chi connectivity index (χ1) is 8.86. The lowest BCUT2D eigenvalue weighted by Crippen LogP contribution is -2.46. The molecule has 0 bridgehead atoms. The smallest absolute Gasteiger partial charge is 0.103 e. The average molecular weight is 254 g/mol.